The third-order valence-electron chi connectivity index (χ3n) is 4.70. The van der Waals surface area contributed by atoms with Gasteiger partial charge in [-0.2, -0.15) is 0 Å². The maximum atomic E-state index is 12.9. The van der Waals surface area contributed by atoms with Gasteiger partial charge in [-0.05, 0) is 62.9 Å². The number of nitrogens with zero attached hydrogens (tertiary/aromatic N) is 2. The lowest BCUT2D eigenvalue weighted by atomic mass is 9.93. The molecule has 2 rings (SSSR count). The molecular weight excluding hydrogens is 295 g/mol. The Morgan fingerprint density at radius 1 is 1.30 bits per heavy atom. The topological polar surface area (TPSA) is 43.8 Å². The maximum absolute atomic E-state index is 12.9. The molecule has 23 heavy (non-hydrogen) atoms. The first-order valence-corrected chi connectivity index (χ1v) is 8.47. The summed E-state index contributed by atoms with van der Waals surface area (Å²) in [6.45, 7) is 5.89. The van der Waals surface area contributed by atoms with E-state index in [2.05, 4.69) is 4.90 Å². The highest BCUT2D eigenvalue weighted by molar-refractivity contribution is 5.77. The molecule has 0 atom stereocenters. The van der Waals surface area contributed by atoms with Crippen LogP contribution < -0.4 is 0 Å². The van der Waals surface area contributed by atoms with E-state index < -0.39 is 6.61 Å². The Morgan fingerprint density at radius 2 is 1.96 bits per heavy atom. The Labute approximate surface area is 137 Å². The average Bonchev–Trinajstić information content (AvgIpc) is 2.58. The van der Waals surface area contributed by atoms with Gasteiger partial charge in [0.25, 0.3) is 0 Å². The van der Waals surface area contributed by atoms with Crippen molar-refractivity contribution in [1.29, 1.82) is 0 Å². The highest BCUT2D eigenvalue weighted by Gasteiger charge is 2.20. The number of hydrogen-bond acceptors (Lipinski definition) is 3. The van der Waals surface area contributed by atoms with Crippen molar-refractivity contribution >= 4 is 5.91 Å². The monoisotopic (exact) mass is 322 g/mol. The molecule has 128 valence electrons. The zero-order chi connectivity index (χ0) is 16.7. The van der Waals surface area contributed by atoms with E-state index in [1.54, 1.807) is 4.90 Å². The minimum atomic E-state index is -0.399. The number of aliphatic hydroxyl groups excluding tert-OH is 1. The van der Waals surface area contributed by atoms with E-state index in [4.69, 9.17) is 5.11 Å². The van der Waals surface area contributed by atoms with Gasteiger partial charge in [-0.1, -0.05) is 12.1 Å². The summed E-state index contributed by atoms with van der Waals surface area (Å²) in [6.07, 6.45) is 3.27. The summed E-state index contributed by atoms with van der Waals surface area (Å²) in [5, 5.41) is 8.94. The fourth-order valence-electron chi connectivity index (χ4n) is 3.18. The van der Waals surface area contributed by atoms with E-state index in [0.717, 1.165) is 51.0 Å². The van der Waals surface area contributed by atoms with Gasteiger partial charge in [-0.3, -0.25) is 9.69 Å². The molecule has 1 heterocycles. The number of aliphatic hydroxyl groups is 1. The minimum Gasteiger partial charge on any atom is -0.387 e. The molecule has 1 fully saturated rings. The highest BCUT2D eigenvalue weighted by atomic mass is 19.1. The zero-order valence-electron chi connectivity index (χ0n) is 13.9. The van der Waals surface area contributed by atoms with Gasteiger partial charge in [-0.15, -0.1) is 0 Å². The van der Waals surface area contributed by atoms with E-state index in [1.807, 2.05) is 19.1 Å². The van der Waals surface area contributed by atoms with Crippen molar-refractivity contribution in [2.45, 2.75) is 32.7 Å². The molecule has 1 amide bonds. The number of hydrogen-bond donors (Lipinski definition) is 1. The number of likely N-dealkylation sites (tertiary alicyclic amines) is 1. The fraction of sp³-hybridized carbons (Fsp3) is 0.611. The third kappa shape index (κ3) is 5.59. The minimum absolute atomic E-state index is 0.179. The summed E-state index contributed by atoms with van der Waals surface area (Å²) >= 11 is 0. The first-order valence-electron chi connectivity index (χ1n) is 8.47. The van der Waals surface area contributed by atoms with Crippen LogP contribution in [0.5, 0.6) is 0 Å². The second-order valence-corrected chi connectivity index (χ2v) is 6.27. The lowest BCUT2D eigenvalue weighted by molar-refractivity contribution is -0.134. The largest absolute Gasteiger partial charge is 0.387 e. The molecule has 1 aromatic rings. The third-order valence-corrected chi connectivity index (χ3v) is 4.70. The van der Waals surface area contributed by atoms with Crippen LogP contribution in [0.15, 0.2) is 24.3 Å². The molecule has 0 aromatic heterocycles. The van der Waals surface area contributed by atoms with Crippen LogP contribution in [0.1, 0.15) is 31.7 Å². The Morgan fingerprint density at radius 3 is 2.52 bits per heavy atom. The number of amides is 1. The molecule has 0 radical (unpaired) electrons. The van der Waals surface area contributed by atoms with E-state index >= 15 is 0 Å². The van der Waals surface area contributed by atoms with E-state index in [-0.39, 0.29) is 11.7 Å². The number of carbonyl (C=O) groups is 1. The molecule has 0 aliphatic carbocycles. The molecule has 1 aromatic carbocycles. The summed E-state index contributed by atoms with van der Waals surface area (Å²) in [6, 6.07) is 6.72. The van der Waals surface area contributed by atoms with Crippen molar-refractivity contribution in [2.24, 2.45) is 5.92 Å². The lowest BCUT2D eigenvalue weighted by Gasteiger charge is -2.33. The zero-order valence-corrected chi connectivity index (χ0v) is 13.9. The van der Waals surface area contributed by atoms with Crippen molar-refractivity contribution < 1.29 is 14.3 Å². The summed E-state index contributed by atoms with van der Waals surface area (Å²) in [7, 11) is 0. The molecule has 1 aliphatic heterocycles. The van der Waals surface area contributed by atoms with Crippen LogP contribution in [-0.4, -0.2) is 53.6 Å². The fourth-order valence-corrected chi connectivity index (χ4v) is 3.18. The number of likely N-dealkylation sites (N-methyl/N-ethyl adjacent to an activating group) is 1. The van der Waals surface area contributed by atoms with Crippen molar-refractivity contribution in [3.63, 3.8) is 0 Å². The standard InChI is InChI=1S/C18H27FN2O2/c1-2-21(18(23)14-22)12-9-15-7-10-20(11-8-15)13-16-3-5-17(19)6-4-16/h3-6,15,22H,2,7-14H2,1H3. The van der Waals surface area contributed by atoms with Crippen molar-refractivity contribution in [3.05, 3.63) is 35.6 Å². The molecule has 4 nitrogen and oxygen atoms in total. The smallest absolute Gasteiger partial charge is 0.248 e. The van der Waals surface area contributed by atoms with Crippen molar-refractivity contribution in [3.8, 4) is 0 Å². The molecule has 1 aliphatic rings. The molecule has 1 saturated heterocycles. The number of rotatable bonds is 7. The quantitative estimate of drug-likeness (QED) is 0.837. The van der Waals surface area contributed by atoms with Crippen LogP contribution in [0.3, 0.4) is 0 Å². The predicted molar refractivity (Wildman–Crippen MR) is 88.4 cm³/mol. The van der Waals surface area contributed by atoms with Crippen molar-refractivity contribution in [1.82, 2.24) is 9.80 Å². The predicted octanol–water partition coefficient (Wildman–Crippen LogP) is 2.27. The van der Waals surface area contributed by atoms with Gasteiger partial charge in [0.1, 0.15) is 12.4 Å². The van der Waals surface area contributed by atoms with Crippen LogP contribution in [0.2, 0.25) is 0 Å². The van der Waals surface area contributed by atoms with Crippen LogP contribution in [0.4, 0.5) is 4.39 Å². The molecule has 0 bridgehead atoms. The van der Waals surface area contributed by atoms with Crippen LogP contribution >= 0.6 is 0 Å². The highest BCUT2D eigenvalue weighted by Crippen LogP contribution is 2.22. The molecule has 0 saturated carbocycles. The van der Waals surface area contributed by atoms with Crippen LogP contribution in [0, 0.1) is 11.7 Å². The maximum Gasteiger partial charge on any atom is 0.248 e. The SMILES string of the molecule is CCN(CCC1CCN(Cc2ccc(F)cc2)CC1)C(=O)CO. The lowest BCUT2D eigenvalue weighted by Crippen LogP contribution is -2.37. The Balaban J connectivity index is 1.71. The summed E-state index contributed by atoms with van der Waals surface area (Å²) in [5.74, 6) is 0.270. The average molecular weight is 322 g/mol. The molecule has 0 unspecified atom stereocenters. The van der Waals surface area contributed by atoms with Gasteiger partial charge in [0, 0.05) is 19.6 Å². The van der Waals surface area contributed by atoms with Crippen molar-refractivity contribution in [2.75, 3.05) is 32.8 Å². The Bertz CT molecular complexity index is 484. The summed E-state index contributed by atoms with van der Waals surface area (Å²) in [5.41, 5.74) is 1.15. The van der Waals surface area contributed by atoms with Gasteiger partial charge in [0.15, 0.2) is 0 Å². The van der Waals surface area contributed by atoms with Gasteiger partial charge < -0.3 is 10.0 Å². The second-order valence-electron chi connectivity index (χ2n) is 6.27. The molecule has 0 spiro atoms. The normalized spacial score (nSPS) is 16.5. The van der Waals surface area contributed by atoms with Crippen LogP contribution in [-0.2, 0) is 11.3 Å². The van der Waals surface area contributed by atoms with Gasteiger partial charge in [0.05, 0.1) is 0 Å². The van der Waals surface area contributed by atoms with E-state index in [1.165, 1.54) is 12.1 Å². The first-order chi connectivity index (χ1) is 11.1. The van der Waals surface area contributed by atoms with Gasteiger partial charge >= 0.3 is 0 Å². The van der Waals surface area contributed by atoms with Gasteiger partial charge in [-0.25, -0.2) is 4.39 Å². The number of carbonyl (C=O) groups excluding carboxylic acids is 1. The number of benzene rings is 1. The Hall–Kier alpha value is -1.46. The summed E-state index contributed by atoms with van der Waals surface area (Å²) < 4.78 is 12.9. The summed E-state index contributed by atoms with van der Waals surface area (Å²) in [4.78, 5) is 15.7. The second kappa shape index (κ2) is 8.99. The van der Waals surface area contributed by atoms with Crippen LogP contribution in [0.25, 0.3) is 0 Å². The molecular formula is C18H27FN2O2. The first kappa shape index (κ1) is 17.9. The van der Waals surface area contributed by atoms with E-state index in [0.29, 0.717) is 12.5 Å². The number of halogens is 1. The molecule has 1 N–H and O–H groups in total. The number of piperidine rings is 1. The molecule has 5 heteroatoms. The van der Waals surface area contributed by atoms with E-state index in [9.17, 15) is 9.18 Å². The Kier molecular flexibility index (Phi) is 6.99. The van der Waals surface area contributed by atoms with Gasteiger partial charge in [0.2, 0.25) is 5.91 Å².